The van der Waals surface area contributed by atoms with Gasteiger partial charge in [0.2, 0.25) is 11.6 Å². The topological polar surface area (TPSA) is 107 Å². The molecule has 2 aromatic rings. The van der Waals surface area contributed by atoms with Crippen LogP contribution in [0.15, 0.2) is 41.2 Å². The van der Waals surface area contributed by atoms with Gasteiger partial charge in [0.05, 0.1) is 0 Å². The molecule has 0 radical (unpaired) electrons. The number of carbonyl (C=O) groups is 1. The maximum atomic E-state index is 13.3. The van der Waals surface area contributed by atoms with Crippen molar-refractivity contribution < 1.29 is 18.0 Å². The van der Waals surface area contributed by atoms with Crippen LogP contribution in [-0.4, -0.2) is 21.6 Å². The maximum Gasteiger partial charge on any atom is 0.230 e. The van der Waals surface area contributed by atoms with Crippen LogP contribution in [0.25, 0.3) is 0 Å². The minimum atomic E-state index is -1.66. The van der Waals surface area contributed by atoms with E-state index < -0.39 is 28.8 Å². The zero-order chi connectivity index (χ0) is 18.6. The summed E-state index contributed by atoms with van der Waals surface area (Å²) in [5, 5.41) is 0. The molecule has 6 nitrogen and oxygen atoms in total. The molecule has 4 N–H and O–H groups in total. The molecule has 0 amide bonds. The molecule has 9 heteroatoms. The number of amidine groups is 1. The third-order valence-corrected chi connectivity index (χ3v) is 3.08. The Morgan fingerprint density at radius 3 is 2.48 bits per heavy atom. The second-order valence-electron chi connectivity index (χ2n) is 4.93. The minimum Gasteiger partial charge on any atom is -0.402 e. The van der Waals surface area contributed by atoms with Gasteiger partial charge in [0, 0.05) is 23.5 Å². The quantitative estimate of drug-likeness (QED) is 0.373. The summed E-state index contributed by atoms with van der Waals surface area (Å²) in [6, 6.07) is 2.52. The Morgan fingerprint density at radius 1 is 1.24 bits per heavy atom. The molecule has 0 saturated carbocycles. The first kappa shape index (κ1) is 18.1. The van der Waals surface area contributed by atoms with Crippen molar-refractivity contribution in [2.24, 2.45) is 16.5 Å². The predicted octanol–water partition coefficient (Wildman–Crippen LogP) is 2.37. The Bertz CT molecular complexity index is 857. The van der Waals surface area contributed by atoms with Gasteiger partial charge in [-0.1, -0.05) is 6.92 Å². The number of halogens is 3. The van der Waals surface area contributed by atoms with Gasteiger partial charge in [-0.25, -0.2) is 28.1 Å². The maximum absolute atomic E-state index is 13.3. The molecule has 0 aliphatic rings. The van der Waals surface area contributed by atoms with Crippen LogP contribution >= 0.6 is 0 Å². The fourth-order valence-electron chi connectivity index (χ4n) is 1.79. The van der Waals surface area contributed by atoms with E-state index in [4.69, 9.17) is 11.5 Å². The minimum absolute atomic E-state index is 0.0547. The molecule has 0 atom stereocenters. The molecule has 0 bridgehead atoms. The van der Waals surface area contributed by atoms with Crippen LogP contribution in [0, 0.1) is 17.5 Å². The first-order chi connectivity index (χ1) is 11.8. The Balaban J connectivity index is 2.36. The summed E-state index contributed by atoms with van der Waals surface area (Å²) in [7, 11) is 0. The number of aromatic nitrogens is 2. The van der Waals surface area contributed by atoms with Crippen LogP contribution in [0.1, 0.15) is 29.5 Å². The van der Waals surface area contributed by atoms with Gasteiger partial charge in [0.25, 0.3) is 0 Å². The van der Waals surface area contributed by atoms with E-state index in [0.717, 1.165) is 0 Å². The molecule has 25 heavy (non-hydrogen) atoms. The van der Waals surface area contributed by atoms with Crippen molar-refractivity contribution in [3.05, 3.63) is 65.0 Å². The number of nitrogens with two attached hydrogens (primary N) is 2. The average Bonchev–Trinajstić information content (AvgIpc) is 2.58. The Kier molecular flexibility index (Phi) is 5.48. The van der Waals surface area contributed by atoms with Crippen LogP contribution in [0.4, 0.5) is 19.0 Å². The number of rotatable bonds is 5. The molecule has 0 unspecified atom stereocenters. The molecule has 1 heterocycles. The first-order valence-electron chi connectivity index (χ1n) is 7.14. The average molecular weight is 349 g/mol. The number of benzene rings is 1. The van der Waals surface area contributed by atoms with Crippen molar-refractivity contribution in [3.8, 4) is 0 Å². The molecule has 0 spiro atoms. The smallest absolute Gasteiger partial charge is 0.230 e. The number of hydrogen-bond donors (Lipinski definition) is 2. The molecule has 1 aromatic heterocycles. The van der Waals surface area contributed by atoms with Gasteiger partial charge in [-0.3, -0.25) is 4.79 Å². The highest BCUT2D eigenvalue weighted by molar-refractivity contribution is 6.06. The normalized spacial score (nSPS) is 12.3. The summed E-state index contributed by atoms with van der Waals surface area (Å²) >= 11 is 0. The molecule has 130 valence electrons. The zero-order valence-corrected chi connectivity index (χ0v) is 13.1. The van der Waals surface area contributed by atoms with Gasteiger partial charge >= 0.3 is 0 Å². The van der Waals surface area contributed by atoms with Gasteiger partial charge in [-0.05, 0) is 24.6 Å². The monoisotopic (exact) mass is 349 g/mol. The lowest BCUT2D eigenvalue weighted by Gasteiger charge is -2.03. The van der Waals surface area contributed by atoms with E-state index in [1.165, 1.54) is 18.3 Å². The van der Waals surface area contributed by atoms with Gasteiger partial charge in [-0.15, -0.1) is 0 Å². The molecular weight excluding hydrogens is 335 g/mol. The highest BCUT2D eigenvalue weighted by atomic mass is 19.2. The predicted molar refractivity (Wildman–Crippen MR) is 85.6 cm³/mol. The standard InChI is InChI=1S/C16H14F3N5O/c1-2-9(20)7-12(21)23-13-3-4-22-16(24-13)15(25)8-5-10(17)14(19)11(18)6-8/h3-7H,2,20H2,1H3,(H2,21,22,23,24)/b9-7-. The summed E-state index contributed by atoms with van der Waals surface area (Å²) < 4.78 is 39.5. The van der Waals surface area contributed by atoms with Crippen LogP contribution in [-0.2, 0) is 0 Å². The number of allylic oxidation sites excluding steroid dienone is 1. The van der Waals surface area contributed by atoms with E-state index in [1.807, 2.05) is 6.92 Å². The van der Waals surface area contributed by atoms with E-state index in [1.54, 1.807) is 0 Å². The van der Waals surface area contributed by atoms with Gasteiger partial charge in [0.1, 0.15) is 5.84 Å². The van der Waals surface area contributed by atoms with E-state index in [0.29, 0.717) is 24.3 Å². The molecular formula is C16H14F3N5O. The summed E-state index contributed by atoms with van der Waals surface area (Å²) in [6.45, 7) is 1.83. The fourth-order valence-corrected chi connectivity index (χ4v) is 1.79. The van der Waals surface area contributed by atoms with Crippen LogP contribution in [0.5, 0.6) is 0 Å². The van der Waals surface area contributed by atoms with Crippen LogP contribution < -0.4 is 11.5 Å². The Morgan fingerprint density at radius 2 is 1.88 bits per heavy atom. The molecule has 0 fully saturated rings. The fraction of sp³-hybridized carbons (Fsp3) is 0.125. The van der Waals surface area contributed by atoms with E-state index in [-0.39, 0.29) is 17.5 Å². The summed E-state index contributed by atoms with van der Waals surface area (Å²) in [6.07, 6.45) is 3.25. The van der Waals surface area contributed by atoms with Crippen LogP contribution in [0.2, 0.25) is 0 Å². The van der Waals surface area contributed by atoms with Crippen molar-refractivity contribution in [2.75, 3.05) is 0 Å². The summed E-state index contributed by atoms with van der Waals surface area (Å²) in [5.74, 6) is -5.77. The van der Waals surface area contributed by atoms with Crippen molar-refractivity contribution in [1.82, 2.24) is 9.97 Å². The van der Waals surface area contributed by atoms with Crippen molar-refractivity contribution in [3.63, 3.8) is 0 Å². The molecule has 0 aliphatic heterocycles. The van der Waals surface area contributed by atoms with E-state index in [2.05, 4.69) is 15.0 Å². The molecule has 0 saturated heterocycles. The number of ketones is 1. The molecule has 2 rings (SSSR count). The zero-order valence-electron chi connectivity index (χ0n) is 13.1. The molecule has 0 aliphatic carbocycles. The third kappa shape index (κ3) is 4.40. The van der Waals surface area contributed by atoms with Crippen molar-refractivity contribution >= 4 is 17.4 Å². The first-order valence-corrected chi connectivity index (χ1v) is 7.14. The van der Waals surface area contributed by atoms with Crippen molar-refractivity contribution in [1.29, 1.82) is 0 Å². The van der Waals surface area contributed by atoms with Crippen molar-refractivity contribution in [2.45, 2.75) is 13.3 Å². The summed E-state index contributed by atoms with van der Waals surface area (Å²) in [5.41, 5.74) is 11.4. The number of aliphatic imine (C=N–C) groups is 1. The Labute approximate surface area is 141 Å². The van der Waals surface area contributed by atoms with Gasteiger partial charge < -0.3 is 11.5 Å². The number of hydrogen-bond acceptors (Lipinski definition) is 5. The second kappa shape index (κ2) is 7.56. The SMILES string of the molecule is CC/C(N)=C/C(N)=Nc1ccnc(C(=O)c2cc(F)c(F)c(F)c2)n1. The highest BCUT2D eigenvalue weighted by Crippen LogP contribution is 2.16. The lowest BCUT2D eigenvalue weighted by molar-refractivity contribution is 0.102. The number of nitrogens with zero attached hydrogens (tertiary/aromatic N) is 3. The third-order valence-electron chi connectivity index (χ3n) is 3.08. The second-order valence-corrected chi connectivity index (χ2v) is 4.93. The largest absolute Gasteiger partial charge is 0.402 e. The highest BCUT2D eigenvalue weighted by Gasteiger charge is 2.18. The molecule has 1 aromatic carbocycles. The number of carbonyl (C=O) groups excluding carboxylic acids is 1. The van der Waals surface area contributed by atoms with E-state index >= 15 is 0 Å². The Hall–Kier alpha value is -3.23. The lowest BCUT2D eigenvalue weighted by atomic mass is 10.1. The van der Waals surface area contributed by atoms with E-state index in [9.17, 15) is 18.0 Å². The lowest BCUT2D eigenvalue weighted by Crippen LogP contribution is -2.12. The van der Waals surface area contributed by atoms with Gasteiger partial charge in [-0.2, -0.15) is 0 Å². The van der Waals surface area contributed by atoms with Gasteiger partial charge in [0.15, 0.2) is 23.3 Å². The van der Waals surface area contributed by atoms with Crippen LogP contribution in [0.3, 0.4) is 0 Å². The summed E-state index contributed by atoms with van der Waals surface area (Å²) in [4.78, 5) is 23.8.